The van der Waals surface area contributed by atoms with Crippen LogP contribution in [0, 0.1) is 5.92 Å². The summed E-state index contributed by atoms with van der Waals surface area (Å²) >= 11 is 0. The van der Waals surface area contributed by atoms with Crippen LogP contribution in [0.1, 0.15) is 33.6 Å². The summed E-state index contributed by atoms with van der Waals surface area (Å²) in [5.74, 6) is 0.521. The molecule has 0 heterocycles. The number of esters is 1. The molecule has 0 spiro atoms. The molecule has 1 N–H and O–H groups in total. The van der Waals surface area contributed by atoms with Gasteiger partial charge in [0.15, 0.2) is 0 Å². The molecule has 0 aromatic heterocycles. The summed E-state index contributed by atoms with van der Waals surface area (Å²) in [4.78, 5) is 13.8. The van der Waals surface area contributed by atoms with Gasteiger partial charge in [-0.05, 0) is 38.9 Å². The van der Waals surface area contributed by atoms with Gasteiger partial charge in [0, 0.05) is 6.54 Å². The highest BCUT2D eigenvalue weighted by Crippen LogP contribution is 2.02. The summed E-state index contributed by atoms with van der Waals surface area (Å²) in [5.41, 5.74) is 0. The minimum atomic E-state index is -0.211. The van der Waals surface area contributed by atoms with E-state index in [0.717, 1.165) is 25.9 Å². The summed E-state index contributed by atoms with van der Waals surface area (Å²) in [6, 6.07) is -0.211. The van der Waals surface area contributed by atoms with Crippen molar-refractivity contribution in [3.63, 3.8) is 0 Å². The molecule has 0 bridgehead atoms. The van der Waals surface area contributed by atoms with Gasteiger partial charge in [-0.3, -0.25) is 4.79 Å². The zero-order valence-corrected chi connectivity index (χ0v) is 12.0. The van der Waals surface area contributed by atoms with Gasteiger partial charge in [-0.1, -0.05) is 20.8 Å². The monoisotopic (exact) mass is 244 g/mol. The van der Waals surface area contributed by atoms with Gasteiger partial charge < -0.3 is 15.0 Å². The van der Waals surface area contributed by atoms with E-state index >= 15 is 0 Å². The van der Waals surface area contributed by atoms with Crippen molar-refractivity contribution in [2.75, 3.05) is 33.8 Å². The average molecular weight is 244 g/mol. The number of hydrogen-bond donors (Lipinski definition) is 1. The summed E-state index contributed by atoms with van der Waals surface area (Å²) in [5, 5.41) is 3.22. The van der Waals surface area contributed by atoms with E-state index in [2.05, 4.69) is 31.0 Å². The second-order valence-electron chi connectivity index (χ2n) is 4.97. The van der Waals surface area contributed by atoms with E-state index in [9.17, 15) is 4.79 Å². The van der Waals surface area contributed by atoms with E-state index in [1.54, 1.807) is 0 Å². The molecular formula is C13H28N2O2. The first-order valence-electron chi connectivity index (χ1n) is 6.51. The standard InChI is InChI=1S/C13H28N2O2/c1-6-8-14-12(13(16)17-5)10-15(4)9-7-11(2)3/h11-12,14H,6-10H2,1-5H3. The molecule has 4 heteroatoms. The van der Waals surface area contributed by atoms with Gasteiger partial charge in [0.25, 0.3) is 0 Å². The van der Waals surface area contributed by atoms with Crippen molar-refractivity contribution in [1.29, 1.82) is 0 Å². The minimum absolute atomic E-state index is 0.171. The van der Waals surface area contributed by atoms with E-state index in [0.29, 0.717) is 12.5 Å². The smallest absolute Gasteiger partial charge is 0.324 e. The molecule has 0 fully saturated rings. The number of likely N-dealkylation sites (N-methyl/N-ethyl adjacent to an activating group) is 1. The number of ether oxygens (including phenoxy) is 1. The Morgan fingerprint density at radius 1 is 1.41 bits per heavy atom. The third kappa shape index (κ3) is 8.16. The van der Waals surface area contributed by atoms with Crippen LogP contribution in [0.3, 0.4) is 0 Å². The quantitative estimate of drug-likeness (QED) is 0.624. The van der Waals surface area contributed by atoms with Crippen molar-refractivity contribution in [2.45, 2.75) is 39.7 Å². The number of nitrogens with zero attached hydrogens (tertiary/aromatic N) is 1. The van der Waals surface area contributed by atoms with E-state index in [1.807, 2.05) is 7.05 Å². The molecule has 1 atom stereocenters. The number of methoxy groups -OCH3 is 1. The maximum Gasteiger partial charge on any atom is 0.324 e. The number of carbonyl (C=O) groups excluding carboxylic acids is 1. The zero-order chi connectivity index (χ0) is 13.3. The van der Waals surface area contributed by atoms with Gasteiger partial charge in [0.05, 0.1) is 7.11 Å². The molecule has 0 radical (unpaired) electrons. The Bertz CT molecular complexity index is 208. The van der Waals surface area contributed by atoms with Crippen LogP contribution >= 0.6 is 0 Å². The summed E-state index contributed by atoms with van der Waals surface area (Å²) in [7, 11) is 3.49. The lowest BCUT2D eigenvalue weighted by molar-refractivity contribution is -0.143. The maximum absolute atomic E-state index is 11.6. The highest BCUT2D eigenvalue weighted by atomic mass is 16.5. The Morgan fingerprint density at radius 3 is 2.53 bits per heavy atom. The summed E-state index contributed by atoms with van der Waals surface area (Å²) in [6.45, 7) is 9.07. The molecule has 0 aromatic carbocycles. The van der Waals surface area contributed by atoms with Crippen LogP contribution in [0.5, 0.6) is 0 Å². The summed E-state index contributed by atoms with van der Waals surface area (Å²) < 4.78 is 4.81. The Morgan fingerprint density at radius 2 is 2.06 bits per heavy atom. The minimum Gasteiger partial charge on any atom is -0.468 e. The maximum atomic E-state index is 11.6. The largest absolute Gasteiger partial charge is 0.468 e. The fourth-order valence-corrected chi connectivity index (χ4v) is 1.56. The SMILES string of the molecule is CCCNC(CN(C)CCC(C)C)C(=O)OC. The molecule has 17 heavy (non-hydrogen) atoms. The third-order valence-electron chi connectivity index (χ3n) is 2.71. The molecule has 4 nitrogen and oxygen atoms in total. The Kier molecular flexibility index (Phi) is 9.09. The van der Waals surface area contributed by atoms with Crippen LogP contribution in [0.2, 0.25) is 0 Å². The predicted molar refractivity (Wildman–Crippen MR) is 71.0 cm³/mol. The molecule has 0 aromatic rings. The molecule has 0 saturated carbocycles. The average Bonchev–Trinajstić information content (AvgIpc) is 2.30. The molecule has 1 unspecified atom stereocenters. The van der Waals surface area contributed by atoms with Crippen LogP contribution < -0.4 is 5.32 Å². The fourth-order valence-electron chi connectivity index (χ4n) is 1.56. The van der Waals surface area contributed by atoms with Crippen LogP contribution in [0.4, 0.5) is 0 Å². The molecule has 0 amide bonds. The van der Waals surface area contributed by atoms with Gasteiger partial charge in [-0.2, -0.15) is 0 Å². The lowest BCUT2D eigenvalue weighted by Crippen LogP contribution is -2.46. The van der Waals surface area contributed by atoms with E-state index in [1.165, 1.54) is 7.11 Å². The van der Waals surface area contributed by atoms with Gasteiger partial charge in [0.2, 0.25) is 0 Å². The second-order valence-corrected chi connectivity index (χ2v) is 4.97. The number of carbonyl (C=O) groups is 1. The molecule has 0 rings (SSSR count). The van der Waals surface area contributed by atoms with Crippen LogP contribution in [-0.2, 0) is 9.53 Å². The molecule has 0 aliphatic rings. The second kappa shape index (κ2) is 9.42. The Labute approximate surface area is 106 Å². The highest BCUT2D eigenvalue weighted by Gasteiger charge is 2.19. The van der Waals surface area contributed by atoms with Gasteiger partial charge in [-0.25, -0.2) is 0 Å². The van der Waals surface area contributed by atoms with Crippen molar-refractivity contribution in [3.05, 3.63) is 0 Å². The lowest BCUT2D eigenvalue weighted by Gasteiger charge is -2.23. The van der Waals surface area contributed by atoms with Crippen molar-refractivity contribution < 1.29 is 9.53 Å². The van der Waals surface area contributed by atoms with Crippen molar-refractivity contribution >= 4 is 5.97 Å². The first kappa shape index (κ1) is 16.4. The molecular weight excluding hydrogens is 216 g/mol. The Hall–Kier alpha value is -0.610. The first-order chi connectivity index (χ1) is 8.01. The zero-order valence-electron chi connectivity index (χ0n) is 12.0. The molecule has 0 saturated heterocycles. The van der Waals surface area contributed by atoms with Gasteiger partial charge in [0.1, 0.15) is 6.04 Å². The normalized spacial score (nSPS) is 13.1. The topological polar surface area (TPSA) is 41.6 Å². The molecule has 0 aliphatic heterocycles. The predicted octanol–water partition coefficient (Wildman–Crippen LogP) is 1.51. The van der Waals surface area contributed by atoms with Crippen molar-refractivity contribution in [3.8, 4) is 0 Å². The van der Waals surface area contributed by atoms with Crippen molar-refractivity contribution in [1.82, 2.24) is 10.2 Å². The molecule has 102 valence electrons. The van der Waals surface area contributed by atoms with Crippen LogP contribution in [0.15, 0.2) is 0 Å². The highest BCUT2D eigenvalue weighted by molar-refractivity contribution is 5.75. The third-order valence-corrected chi connectivity index (χ3v) is 2.71. The number of hydrogen-bond acceptors (Lipinski definition) is 4. The van der Waals surface area contributed by atoms with Gasteiger partial charge in [-0.15, -0.1) is 0 Å². The van der Waals surface area contributed by atoms with E-state index < -0.39 is 0 Å². The lowest BCUT2D eigenvalue weighted by atomic mass is 10.1. The van der Waals surface area contributed by atoms with E-state index in [4.69, 9.17) is 4.74 Å². The fraction of sp³-hybridized carbons (Fsp3) is 0.923. The first-order valence-corrected chi connectivity index (χ1v) is 6.51. The van der Waals surface area contributed by atoms with Crippen molar-refractivity contribution in [2.24, 2.45) is 5.92 Å². The van der Waals surface area contributed by atoms with E-state index in [-0.39, 0.29) is 12.0 Å². The summed E-state index contributed by atoms with van der Waals surface area (Å²) in [6.07, 6.45) is 2.17. The number of nitrogens with one attached hydrogen (secondary N) is 1. The van der Waals surface area contributed by atoms with Gasteiger partial charge >= 0.3 is 5.97 Å². The number of rotatable bonds is 9. The molecule has 0 aliphatic carbocycles. The Balaban J connectivity index is 4.07. The van der Waals surface area contributed by atoms with Crippen LogP contribution in [0.25, 0.3) is 0 Å². The van der Waals surface area contributed by atoms with Crippen LogP contribution in [-0.4, -0.2) is 50.7 Å².